The highest BCUT2D eigenvalue weighted by molar-refractivity contribution is 6.30. The standard InChI is InChI=1S/C23H42O4.C14H22ClNO.C3H8.C2H6.CH4O.CH2O/c1-13-10-14(2)19(24)11-20(15(3)12-23(7,8)9)27-22(26)18(6)21(25)17(5)16(13)4;1-4-14(9-11(2)17)16(3)10-12-5-7-13(15)8-6-12;1-3-2;3*1-2/h13-20,24H,10-12H2,1-9H3;5-8,11,14,17H,4,9-10H2,1-3H3;3H2,1-2H3;1-2H3;2H,1H3;1H2/t13?,14?,15?,16?,17?,18-,19?,20?;;;;;/m1...../s1. The lowest BCUT2D eigenvalue weighted by Crippen LogP contribution is -2.40. The summed E-state index contributed by atoms with van der Waals surface area (Å²) >= 11 is 5.86. The Morgan fingerprint density at radius 3 is 1.81 bits per heavy atom. The predicted molar refractivity (Wildman–Crippen MR) is 225 cm³/mol. The van der Waals surface area contributed by atoms with E-state index in [-0.39, 0.29) is 47.1 Å². The van der Waals surface area contributed by atoms with E-state index < -0.39 is 18.0 Å². The Hall–Kier alpha value is -1.84. The molecular weight excluding hydrogens is 690 g/mol. The topological polar surface area (TPSA) is 124 Å². The molecule has 0 amide bonds. The lowest BCUT2D eigenvalue weighted by molar-refractivity contribution is -0.162. The van der Waals surface area contributed by atoms with Gasteiger partial charge in [-0.05, 0) is 93.4 Å². The number of rotatable bonds is 8. The van der Waals surface area contributed by atoms with Crippen molar-refractivity contribution in [2.24, 2.45) is 40.9 Å². The van der Waals surface area contributed by atoms with Crippen molar-refractivity contribution in [3.8, 4) is 0 Å². The quantitative estimate of drug-likeness (QED) is 0.176. The van der Waals surface area contributed by atoms with Gasteiger partial charge in [-0.2, -0.15) is 0 Å². The fourth-order valence-electron chi connectivity index (χ4n) is 6.50. The van der Waals surface area contributed by atoms with Crippen LogP contribution in [0.3, 0.4) is 0 Å². The fourth-order valence-corrected chi connectivity index (χ4v) is 6.62. The van der Waals surface area contributed by atoms with E-state index in [1.807, 2.05) is 58.7 Å². The molecule has 1 heterocycles. The first-order valence-corrected chi connectivity index (χ1v) is 20.3. The van der Waals surface area contributed by atoms with Gasteiger partial charge in [-0.15, -0.1) is 0 Å². The van der Waals surface area contributed by atoms with Crippen LogP contribution in [-0.2, 0) is 25.7 Å². The van der Waals surface area contributed by atoms with Crippen LogP contribution in [0.5, 0.6) is 0 Å². The van der Waals surface area contributed by atoms with Crippen molar-refractivity contribution >= 4 is 30.1 Å². The number of ketones is 1. The summed E-state index contributed by atoms with van der Waals surface area (Å²) in [5.41, 5.74) is 1.35. The zero-order chi connectivity index (χ0) is 42.6. The maximum absolute atomic E-state index is 12.8. The molecule has 0 aromatic heterocycles. The van der Waals surface area contributed by atoms with Crippen molar-refractivity contribution in [1.29, 1.82) is 0 Å². The van der Waals surface area contributed by atoms with Crippen LogP contribution in [0, 0.1) is 40.9 Å². The highest BCUT2D eigenvalue weighted by Gasteiger charge is 2.37. The number of carbonyl (C=O) groups is 3. The lowest BCUT2D eigenvalue weighted by Gasteiger charge is -2.35. The van der Waals surface area contributed by atoms with E-state index in [0.29, 0.717) is 18.4 Å². The van der Waals surface area contributed by atoms with Gasteiger partial charge in [0.2, 0.25) is 0 Å². The average Bonchev–Trinajstić information content (AvgIpc) is 3.11. The number of ether oxygens (including phenoxy) is 1. The number of halogens is 1. The van der Waals surface area contributed by atoms with E-state index in [1.54, 1.807) is 6.92 Å². The minimum Gasteiger partial charge on any atom is -0.461 e. The summed E-state index contributed by atoms with van der Waals surface area (Å²) in [4.78, 5) is 35.8. The zero-order valence-electron chi connectivity index (χ0n) is 37.0. The van der Waals surface area contributed by atoms with Gasteiger partial charge >= 0.3 is 5.97 Å². The first kappa shape index (κ1) is 57.9. The molecule has 0 bridgehead atoms. The second kappa shape index (κ2) is 32.4. The number of carbonyl (C=O) groups excluding carboxylic acids is 3. The van der Waals surface area contributed by atoms with E-state index in [2.05, 4.69) is 81.2 Å². The summed E-state index contributed by atoms with van der Waals surface area (Å²) < 4.78 is 5.82. The van der Waals surface area contributed by atoms with E-state index in [9.17, 15) is 19.8 Å². The second-order valence-corrected chi connectivity index (χ2v) is 16.3. The Balaban J connectivity index is -0.000000394. The van der Waals surface area contributed by atoms with Crippen LogP contribution >= 0.6 is 11.6 Å². The monoisotopic (exact) mass is 774 g/mol. The number of Topliss-reactive ketones (excluding diaryl/α,β-unsaturated/α-hetero) is 1. The molecule has 0 saturated carbocycles. The molecule has 2 rings (SSSR count). The number of esters is 1. The molecule has 0 radical (unpaired) electrons. The van der Waals surface area contributed by atoms with Gasteiger partial charge in [-0.25, -0.2) is 0 Å². The van der Waals surface area contributed by atoms with Gasteiger partial charge in [0, 0.05) is 37.1 Å². The summed E-state index contributed by atoms with van der Waals surface area (Å²) in [7, 11) is 3.10. The third kappa shape index (κ3) is 25.8. The summed E-state index contributed by atoms with van der Waals surface area (Å²) in [6.45, 7) is 33.6. The average molecular weight is 775 g/mol. The largest absolute Gasteiger partial charge is 0.461 e. The van der Waals surface area contributed by atoms with Crippen molar-refractivity contribution in [3.05, 3.63) is 34.9 Å². The van der Waals surface area contributed by atoms with Gasteiger partial charge in [0.25, 0.3) is 0 Å². The molecule has 10 atom stereocenters. The van der Waals surface area contributed by atoms with Crippen molar-refractivity contribution in [3.63, 3.8) is 0 Å². The minimum absolute atomic E-state index is 0.0321. The molecule has 9 heteroatoms. The number of nitrogens with zero attached hydrogens (tertiary/aromatic N) is 1. The lowest BCUT2D eigenvalue weighted by atomic mass is 9.74. The Morgan fingerprint density at radius 1 is 0.925 bits per heavy atom. The van der Waals surface area contributed by atoms with Crippen LogP contribution in [0.4, 0.5) is 0 Å². The van der Waals surface area contributed by atoms with Gasteiger partial charge < -0.3 is 24.9 Å². The Kier molecular flexibility index (Phi) is 35.4. The van der Waals surface area contributed by atoms with Gasteiger partial charge in [-0.1, -0.05) is 120 Å². The Bertz CT molecular complexity index is 1030. The number of hydrogen-bond donors (Lipinski definition) is 3. The molecule has 1 aromatic rings. The summed E-state index contributed by atoms with van der Waals surface area (Å²) in [6, 6.07) is 8.36. The van der Waals surface area contributed by atoms with E-state index >= 15 is 0 Å². The molecule has 1 fully saturated rings. The summed E-state index contributed by atoms with van der Waals surface area (Å²) in [5, 5.41) is 28.0. The fraction of sp³-hybridized carbons (Fsp3) is 0.795. The molecule has 1 saturated heterocycles. The van der Waals surface area contributed by atoms with Crippen molar-refractivity contribution in [2.45, 2.75) is 173 Å². The van der Waals surface area contributed by atoms with Crippen LogP contribution < -0.4 is 0 Å². The normalized spacial score (nSPS) is 25.1. The predicted octanol–water partition coefficient (Wildman–Crippen LogP) is 10.1. The van der Waals surface area contributed by atoms with Crippen molar-refractivity contribution < 1.29 is 34.4 Å². The van der Waals surface area contributed by atoms with Crippen LogP contribution in [-0.4, -0.2) is 77.3 Å². The molecular formula is C44H84ClNO7. The maximum atomic E-state index is 12.8. The number of benzene rings is 1. The van der Waals surface area contributed by atoms with Gasteiger partial charge in [0.05, 0.1) is 12.2 Å². The molecule has 314 valence electrons. The molecule has 9 unspecified atom stereocenters. The highest BCUT2D eigenvalue weighted by Crippen LogP contribution is 2.34. The van der Waals surface area contributed by atoms with Crippen LogP contribution in [0.15, 0.2) is 24.3 Å². The van der Waals surface area contributed by atoms with E-state index in [0.717, 1.165) is 44.4 Å². The van der Waals surface area contributed by atoms with Crippen LogP contribution in [0.1, 0.15) is 148 Å². The van der Waals surface area contributed by atoms with Gasteiger partial charge in [0.15, 0.2) is 0 Å². The molecule has 0 spiro atoms. The molecule has 1 aliphatic heterocycles. The highest BCUT2D eigenvalue weighted by atomic mass is 35.5. The van der Waals surface area contributed by atoms with E-state index in [1.165, 1.54) is 12.0 Å². The number of hydrogen-bond acceptors (Lipinski definition) is 8. The third-order valence-corrected chi connectivity index (χ3v) is 9.93. The Morgan fingerprint density at radius 2 is 1.40 bits per heavy atom. The van der Waals surface area contributed by atoms with Gasteiger partial charge in [0.1, 0.15) is 24.6 Å². The maximum Gasteiger partial charge on any atom is 0.316 e. The van der Waals surface area contributed by atoms with Crippen LogP contribution in [0.25, 0.3) is 0 Å². The first-order chi connectivity index (χ1) is 24.7. The van der Waals surface area contributed by atoms with Gasteiger partial charge in [-0.3, -0.25) is 14.5 Å². The molecule has 3 N–H and O–H groups in total. The third-order valence-electron chi connectivity index (χ3n) is 9.68. The SMILES string of the molecule is C=O.CC.CC1CC(C)C(C)C(C)C(=O)[C@@H](C)C(=O)OC(C(C)CC(C)(C)C)CC1O.CCC.CCC(CC(C)O)N(C)Cc1ccc(Cl)cc1.CO. The molecule has 53 heavy (non-hydrogen) atoms. The molecule has 0 aliphatic carbocycles. The minimum atomic E-state index is -0.757. The zero-order valence-corrected chi connectivity index (χ0v) is 37.8. The number of aliphatic hydroxyl groups excluding tert-OH is 3. The summed E-state index contributed by atoms with van der Waals surface area (Å²) in [6.07, 6.45) is 4.18. The van der Waals surface area contributed by atoms with Crippen LogP contribution in [0.2, 0.25) is 5.02 Å². The number of cyclic esters (lactones) is 1. The van der Waals surface area contributed by atoms with Crippen molar-refractivity contribution in [2.75, 3.05) is 14.2 Å². The first-order valence-electron chi connectivity index (χ1n) is 20.0. The summed E-state index contributed by atoms with van der Waals surface area (Å²) in [5.74, 6) is -0.739. The molecule has 8 nitrogen and oxygen atoms in total. The molecule has 1 aromatic carbocycles. The smallest absolute Gasteiger partial charge is 0.316 e. The van der Waals surface area contributed by atoms with E-state index in [4.69, 9.17) is 26.2 Å². The molecule has 1 aliphatic rings. The second-order valence-electron chi connectivity index (χ2n) is 15.9. The van der Waals surface area contributed by atoms with Crippen molar-refractivity contribution in [1.82, 2.24) is 4.90 Å². The number of aliphatic hydroxyl groups is 3. The Labute approximate surface area is 331 Å².